The molecular formula is C34H45BN6O8. The first kappa shape index (κ1) is 35.8. The molecule has 0 saturated carbocycles. The van der Waals surface area contributed by atoms with Gasteiger partial charge in [0.15, 0.2) is 0 Å². The number of amides is 5. The Morgan fingerprint density at radius 2 is 1.33 bits per heavy atom. The molecule has 3 aliphatic rings. The summed E-state index contributed by atoms with van der Waals surface area (Å²) in [4.78, 5) is 71.7. The van der Waals surface area contributed by atoms with Crippen LogP contribution in [-0.2, 0) is 36.8 Å². The van der Waals surface area contributed by atoms with Crippen LogP contribution in [0.5, 0.6) is 5.75 Å². The Morgan fingerprint density at radius 1 is 0.755 bits per heavy atom. The molecule has 2 aromatic rings. The van der Waals surface area contributed by atoms with Crippen LogP contribution < -0.4 is 16.4 Å². The average molecular weight is 677 g/mol. The number of phenolic OH excluding ortho intramolecular Hbond substituents is 1. The second kappa shape index (κ2) is 16.3. The van der Waals surface area contributed by atoms with Crippen LogP contribution in [0.4, 0.5) is 0 Å². The molecule has 0 bridgehead atoms. The standard InChI is InChI=1S/C34H45BN6O8/c36-25(19-23-12-14-24(42)15-13-23)33(46)39-16-5-10-28(39)32(45)38-26(20-22-7-2-1-3-8-22)34(47)40-17-4-9-27(40)31(44)37-21-30(43)41-18-6-11-29(41)35(48)49/h1-3,7-8,12-15,25-29,42,48-49H,4-6,9-11,16-21,36H2,(H,37,44)(H,38,45)/t25-,26-,27-,28-,29-/m0/s1. The van der Waals surface area contributed by atoms with Crippen molar-refractivity contribution in [1.29, 1.82) is 0 Å². The molecule has 2 aromatic carbocycles. The van der Waals surface area contributed by atoms with Gasteiger partial charge < -0.3 is 46.2 Å². The number of nitrogens with zero attached hydrogens (tertiary/aromatic N) is 3. The van der Waals surface area contributed by atoms with E-state index in [4.69, 9.17) is 5.73 Å². The molecule has 3 heterocycles. The third-order valence-electron chi connectivity index (χ3n) is 9.66. The number of likely N-dealkylation sites (tertiary alicyclic amines) is 3. The van der Waals surface area contributed by atoms with Crippen molar-refractivity contribution in [1.82, 2.24) is 25.3 Å². The van der Waals surface area contributed by atoms with Crippen molar-refractivity contribution < 1.29 is 39.1 Å². The van der Waals surface area contributed by atoms with E-state index in [0.29, 0.717) is 51.6 Å². The fraction of sp³-hybridized carbons (Fsp3) is 0.500. The quantitative estimate of drug-likeness (QED) is 0.154. The topological polar surface area (TPSA) is 206 Å². The van der Waals surface area contributed by atoms with Crippen LogP contribution in [0, 0.1) is 0 Å². The fourth-order valence-electron chi connectivity index (χ4n) is 7.10. The van der Waals surface area contributed by atoms with Crippen LogP contribution in [-0.4, -0.2) is 123 Å². The first-order valence-corrected chi connectivity index (χ1v) is 17.0. The fourth-order valence-corrected chi connectivity index (χ4v) is 7.10. The van der Waals surface area contributed by atoms with Gasteiger partial charge in [0, 0.05) is 26.1 Å². The molecule has 3 aliphatic heterocycles. The highest BCUT2D eigenvalue weighted by Gasteiger charge is 2.42. The van der Waals surface area contributed by atoms with Crippen LogP contribution in [0.25, 0.3) is 0 Å². The van der Waals surface area contributed by atoms with Crippen LogP contribution in [0.2, 0.25) is 0 Å². The molecule has 5 rings (SSSR count). The maximum Gasteiger partial charge on any atom is 0.475 e. The summed E-state index contributed by atoms with van der Waals surface area (Å²) >= 11 is 0. The Labute approximate surface area is 285 Å². The van der Waals surface area contributed by atoms with Gasteiger partial charge in [0.1, 0.15) is 23.9 Å². The third-order valence-corrected chi connectivity index (χ3v) is 9.66. The number of phenols is 1. The summed E-state index contributed by atoms with van der Waals surface area (Å²) in [5.41, 5.74) is 7.84. The zero-order valence-electron chi connectivity index (χ0n) is 27.4. The molecule has 3 fully saturated rings. The van der Waals surface area contributed by atoms with Crippen molar-refractivity contribution in [3.63, 3.8) is 0 Å². The van der Waals surface area contributed by atoms with Crippen molar-refractivity contribution in [2.75, 3.05) is 26.2 Å². The smallest absolute Gasteiger partial charge is 0.475 e. The molecule has 3 saturated heterocycles. The van der Waals surface area contributed by atoms with E-state index in [1.165, 1.54) is 26.8 Å². The van der Waals surface area contributed by atoms with Gasteiger partial charge >= 0.3 is 7.12 Å². The molecule has 262 valence electrons. The molecule has 0 spiro atoms. The van der Waals surface area contributed by atoms with Crippen LogP contribution in [0.15, 0.2) is 54.6 Å². The van der Waals surface area contributed by atoms with E-state index in [1.54, 1.807) is 12.1 Å². The maximum atomic E-state index is 14.1. The summed E-state index contributed by atoms with van der Waals surface area (Å²) in [7, 11) is -1.67. The predicted octanol–water partition coefficient (Wildman–Crippen LogP) is -0.909. The minimum atomic E-state index is -1.67. The van der Waals surface area contributed by atoms with Crippen LogP contribution in [0.3, 0.4) is 0 Å². The predicted molar refractivity (Wildman–Crippen MR) is 179 cm³/mol. The van der Waals surface area contributed by atoms with E-state index in [0.717, 1.165) is 11.1 Å². The summed E-state index contributed by atoms with van der Waals surface area (Å²) in [6.45, 7) is 0.655. The SMILES string of the molecule is N[C@@H](Cc1ccc(O)cc1)C(=O)N1CCC[C@H]1C(=O)N[C@@H](Cc1ccccc1)C(=O)N1CCC[C@H]1C(=O)NCC(=O)N1CCC[C@H]1B(O)O. The van der Waals surface area contributed by atoms with Gasteiger partial charge in [0.25, 0.3) is 0 Å². The molecule has 0 radical (unpaired) electrons. The molecule has 49 heavy (non-hydrogen) atoms. The van der Waals surface area contributed by atoms with Crippen LogP contribution in [0.1, 0.15) is 49.7 Å². The number of carbonyl (C=O) groups is 5. The lowest BCUT2D eigenvalue weighted by molar-refractivity contribution is -0.143. The van der Waals surface area contributed by atoms with Crippen molar-refractivity contribution >= 4 is 36.7 Å². The first-order chi connectivity index (χ1) is 23.5. The monoisotopic (exact) mass is 676 g/mol. The molecule has 15 heteroatoms. The number of nitrogens with two attached hydrogens (primary N) is 1. The molecule has 14 nitrogen and oxygen atoms in total. The zero-order valence-corrected chi connectivity index (χ0v) is 27.4. The summed E-state index contributed by atoms with van der Waals surface area (Å²) < 4.78 is 0. The van der Waals surface area contributed by atoms with Crippen molar-refractivity contribution in [3.8, 4) is 5.75 Å². The van der Waals surface area contributed by atoms with Gasteiger partial charge in [-0.05, 0) is 68.2 Å². The number of benzene rings is 2. The number of nitrogens with one attached hydrogen (secondary N) is 2. The van der Waals surface area contributed by atoms with E-state index in [9.17, 15) is 39.1 Å². The van der Waals surface area contributed by atoms with Gasteiger partial charge in [0.2, 0.25) is 29.5 Å². The largest absolute Gasteiger partial charge is 0.508 e. The van der Waals surface area contributed by atoms with Crippen LogP contribution >= 0.6 is 0 Å². The van der Waals surface area contributed by atoms with E-state index in [2.05, 4.69) is 10.6 Å². The second-order valence-electron chi connectivity index (χ2n) is 13.0. The Balaban J connectivity index is 1.25. The van der Waals surface area contributed by atoms with E-state index in [-0.39, 0.29) is 37.6 Å². The Morgan fingerprint density at radius 3 is 1.98 bits per heavy atom. The lowest BCUT2D eigenvalue weighted by Crippen LogP contribution is -2.58. The first-order valence-electron chi connectivity index (χ1n) is 17.0. The van der Waals surface area contributed by atoms with E-state index < -0.39 is 60.9 Å². The summed E-state index contributed by atoms with van der Waals surface area (Å²) in [6.07, 6.45) is 3.40. The number of aromatic hydroxyl groups is 1. The number of rotatable bonds is 12. The second-order valence-corrected chi connectivity index (χ2v) is 13.0. The van der Waals surface area contributed by atoms with Crippen molar-refractivity contribution in [2.24, 2.45) is 5.73 Å². The lowest BCUT2D eigenvalue weighted by atomic mass is 9.78. The lowest BCUT2D eigenvalue weighted by Gasteiger charge is -2.31. The van der Waals surface area contributed by atoms with Gasteiger partial charge in [-0.1, -0.05) is 42.5 Å². The van der Waals surface area contributed by atoms with Gasteiger partial charge in [-0.2, -0.15) is 0 Å². The Hall–Kier alpha value is -4.47. The molecule has 0 aromatic heterocycles. The molecule has 0 unspecified atom stereocenters. The zero-order chi connectivity index (χ0) is 35.1. The van der Waals surface area contributed by atoms with Crippen molar-refractivity contribution in [3.05, 3.63) is 65.7 Å². The molecule has 5 atom stereocenters. The van der Waals surface area contributed by atoms with E-state index in [1.807, 2.05) is 30.3 Å². The highest BCUT2D eigenvalue weighted by Crippen LogP contribution is 2.23. The highest BCUT2D eigenvalue weighted by molar-refractivity contribution is 6.43. The molecule has 7 N–H and O–H groups in total. The molecular weight excluding hydrogens is 631 g/mol. The average Bonchev–Trinajstić information content (AvgIpc) is 3.89. The Bertz CT molecular complexity index is 1500. The van der Waals surface area contributed by atoms with E-state index >= 15 is 0 Å². The Kier molecular flexibility index (Phi) is 11.9. The molecule has 0 aliphatic carbocycles. The summed E-state index contributed by atoms with van der Waals surface area (Å²) in [5, 5.41) is 34.3. The van der Waals surface area contributed by atoms with Gasteiger partial charge in [-0.3, -0.25) is 24.0 Å². The van der Waals surface area contributed by atoms with Gasteiger partial charge in [-0.15, -0.1) is 0 Å². The molecule has 5 amide bonds. The number of hydrogen-bond acceptors (Lipinski definition) is 9. The minimum Gasteiger partial charge on any atom is -0.508 e. The number of hydrogen-bond donors (Lipinski definition) is 6. The van der Waals surface area contributed by atoms with Gasteiger partial charge in [0.05, 0.1) is 18.5 Å². The normalized spacial score (nSPS) is 21.7. The minimum absolute atomic E-state index is 0.103. The summed E-state index contributed by atoms with van der Waals surface area (Å²) in [5.74, 6) is -2.86. The summed E-state index contributed by atoms with van der Waals surface area (Å²) in [6, 6.07) is 12.0. The highest BCUT2D eigenvalue weighted by atomic mass is 16.4. The van der Waals surface area contributed by atoms with Crippen molar-refractivity contribution in [2.45, 2.75) is 81.5 Å². The third kappa shape index (κ3) is 8.77. The maximum absolute atomic E-state index is 14.1. The number of carbonyl (C=O) groups excluding carboxylic acids is 5. The van der Waals surface area contributed by atoms with Gasteiger partial charge in [-0.25, -0.2) is 0 Å².